The van der Waals surface area contributed by atoms with Crippen molar-refractivity contribution in [3.8, 4) is 0 Å². The smallest absolute Gasteiger partial charge is 0.323 e. The van der Waals surface area contributed by atoms with E-state index < -0.39 is 0 Å². The number of carbonyl (C=O) groups excluding carboxylic acids is 1. The van der Waals surface area contributed by atoms with Crippen LogP contribution in [-0.2, 0) is 0 Å². The lowest BCUT2D eigenvalue weighted by Crippen LogP contribution is -2.35. The average Bonchev–Trinajstić information content (AvgIpc) is 3.12. The topological polar surface area (TPSA) is 77.8 Å². The van der Waals surface area contributed by atoms with E-state index in [0.29, 0.717) is 16.6 Å². The van der Waals surface area contributed by atoms with Gasteiger partial charge < -0.3 is 15.3 Å². The second kappa shape index (κ2) is 14.1. The Labute approximate surface area is 181 Å². The van der Waals surface area contributed by atoms with Crippen LogP contribution in [0, 0.1) is 0 Å². The fourth-order valence-corrected chi connectivity index (χ4v) is 4.14. The first-order valence-electron chi connectivity index (χ1n) is 12.2. The van der Waals surface area contributed by atoms with Gasteiger partial charge in [-0.3, -0.25) is 4.79 Å². The Bertz CT molecular complexity index is 777. The van der Waals surface area contributed by atoms with Crippen LogP contribution in [-0.4, -0.2) is 21.9 Å². The molecule has 0 aliphatic carbocycles. The number of hydrogen-bond acceptors (Lipinski definition) is 2. The van der Waals surface area contributed by atoms with Gasteiger partial charge in [0.15, 0.2) is 0 Å². The van der Waals surface area contributed by atoms with E-state index in [-0.39, 0.29) is 17.6 Å². The number of H-pyrrole nitrogens is 2. The maximum atomic E-state index is 13.0. The van der Waals surface area contributed by atoms with Crippen molar-refractivity contribution in [3.63, 3.8) is 0 Å². The first kappa shape index (κ1) is 24.2. The standard InChI is InChI=1S/C25H41N3O2/c1-3-5-7-9-11-13-16-20(17-14-12-10-8-6-4-2)26-24(29)21-18-15-19-22-23(21)28-25(30)27-22/h15,18-20H,3-14,16-17H2,1-2H3,(H,26,29)(H2,27,28,30). The highest BCUT2D eigenvalue weighted by atomic mass is 16.2. The van der Waals surface area contributed by atoms with Crippen LogP contribution in [0.15, 0.2) is 23.0 Å². The fourth-order valence-electron chi connectivity index (χ4n) is 4.14. The average molecular weight is 416 g/mol. The number of fused-ring (bicyclic) bond motifs is 1. The molecule has 0 radical (unpaired) electrons. The molecule has 0 aliphatic rings. The van der Waals surface area contributed by atoms with Gasteiger partial charge >= 0.3 is 5.69 Å². The second-order valence-electron chi connectivity index (χ2n) is 8.59. The summed E-state index contributed by atoms with van der Waals surface area (Å²) in [5.74, 6) is -0.0854. The molecule has 1 heterocycles. The zero-order valence-electron chi connectivity index (χ0n) is 19.0. The van der Waals surface area contributed by atoms with Gasteiger partial charge in [0.25, 0.3) is 5.91 Å². The summed E-state index contributed by atoms with van der Waals surface area (Å²) in [7, 11) is 0. The third kappa shape index (κ3) is 8.37. The van der Waals surface area contributed by atoms with Crippen molar-refractivity contribution in [1.82, 2.24) is 15.3 Å². The fraction of sp³-hybridized carbons (Fsp3) is 0.680. The van der Waals surface area contributed by atoms with E-state index in [1.54, 1.807) is 6.07 Å². The van der Waals surface area contributed by atoms with Crippen LogP contribution in [0.5, 0.6) is 0 Å². The van der Waals surface area contributed by atoms with Crippen LogP contribution in [0.1, 0.15) is 114 Å². The number of nitrogens with one attached hydrogen (secondary N) is 3. The van der Waals surface area contributed by atoms with E-state index in [1.165, 1.54) is 64.2 Å². The minimum atomic E-state index is -0.277. The number of benzene rings is 1. The Kier molecular flexibility index (Phi) is 11.3. The predicted molar refractivity (Wildman–Crippen MR) is 126 cm³/mol. The first-order chi connectivity index (χ1) is 14.7. The van der Waals surface area contributed by atoms with Gasteiger partial charge in [-0.15, -0.1) is 0 Å². The highest BCUT2D eigenvalue weighted by Crippen LogP contribution is 2.17. The number of unbranched alkanes of at least 4 members (excludes halogenated alkanes) is 10. The molecule has 3 N–H and O–H groups in total. The predicted octanol–water partition coefficient (Wildman–Crippen LogP) is 6.46. The van der Waals surface area contributed by atoms with Crippen molar-refractivity contribution in [1.29, 1.82) is 0 Å². The quantitative estimate of drug-likeness (QED) is 0.275. The summed E-state index contributed by atoms with van der Waals surface area (Å²) in [6.45, 7) is 4.48. The molecule has 1 amide bonds. The van der Waals surface area contributed by atoms with Gasteiger partial charge in [0.1, 0.15) is 0 Å². The van der Waals surface area contributed by atoms with Crippen LogP contribution >= 0.6 is 0 Å². The van der Waals surface area contributed by atoms with Gasteiger partial charge in [0.2, 0.25) is 0 Å². The summed E-state index contributed by atoms with van der Waals surface area (Å²) < 4.78 is 0. The third-order valence-electron chi connectivity index (χ3n) is 5.94. The van der Waals surface area contributed by atoms with Crippen molar-refractivity contribution in [2.45, 2.75) is 110 Å². The SMILES string of the molecule is CCCCCCCCC(CCCCCCCC)NC(=O)c1cccc2[nH]c(=O)[nH]c12. The number of aromatic amines is 2. The lowest BCUT2D eigenvalue weighted by molar-refractivity contribution is 0.0933. The van der Waals surface area contributed by atoms with Crippen molar-refractivity contribution in [3.05, 3.63) is 34.2 Å². The lowest BCUT2D eigenvalue weighted by Gasteiger charge is -2.19. The Morgan fingerprint density at radius 3 is 2.00 bits per heavy atom. The molecule has 2 aromatic rings. The molecule has 2 rings (SSSR count). The number of aromatic nitrogens is 2. The molecule has 0 bridgehead atoms. The van der Waals surface area contributed by atoms with E-state index in [4.69, 9.17) is 0 Å². The minimum Gasteiger partial charge on any atom is -0.349 e. The van der Waals surface area contributed by atoms with Crippen LogP contribution < -0.4 is 11.0 Å². The number of hydrogen-bond donors (Lipinski definition) is 3. The van der Waals surface area contributed by atoms with Crippen LogP contribution in [0.4, 0.5) is 0 Å². The van der Waals surface area contributed by atoms with E-state index in [9.17, 15) is 9.59 Å². The molecule has 5 nitrogen and oxygen atoms in total. The molecule has 1 aromatic heterocycles. The van der Waals surface area contributed by atoms with Gasteiger partial charge in [0, 0.05) is 6.04 Å². The van der Waals surface area contributed by atoms with Gasteiger partial charge in [-0.2, -0.15) is 0 Å². The van der Waals surface area contributed by atoms with E-state index >= 15 is 0 Å². The van der Waals surface area contributed by atoms with E-state index in [1.807, 2.05) is 12.1 Å². The van der Waals surface area contributed by atoms with Crippen molar-refractivity contribution in [2.75, 3.05) is 0 Å². The zero-order chi connectivity index (χ0) is 21.6. The number of rotatable bonds is 16. The minimum absolute atomic E-state index is 0.0854. The normalized spacial score (nSPS) is 11.4. The summed E-state index contributed by atoms with van der Waals surface area (Å²) in [4.78, 5) is 30.1. The Balaban J connectivity index is 1.90. The molecule has 0 saturated heterocycles. The molecule has 30 heavy (non-hydrogen) atoms. The molecular weight excluding hydrogens is 374 g/mol. The molecule has 0 spiro atoms. The summed E-state index contributed by atoms with van der Waals surface area (Å²) in [5.41, 5.74) is 1.54. The first-order valence-corrected chi connectivity index (χ1v) is 12.2. The van der Waals surface area contributed by atoms with Crippen LogP contribution in [0.25, 0.3) is 11.0 Å². The van der Waals surface area contributed by atoms with E-state index in [0.717, 1.165) is 25.7 Å². The van der Waals surface area contributed by atoms with Crippen LogP contribution in [0.2, 0.25) is 0 Å². The monoisotopic (exact) mass is 415 g/mol. The maximum Gasteiger partial charge on any atom is 0.323 e. The molecule has 0 aliphatic heterocycles. The highest BCUT2D eigenvalue weighted by molar-refractivity contribution is 6.04. The molecule has 0 unspecified atom stereocenters. The Hall–Kier alpha value is -2.04. The summed E-state index contributed by atoms with van der Waals surface area (Å²) in [6.07, 6.45) is 17.2. The summed E-state index contributed by atoms with van der Waals surface area (Å²) in [6, 6.07) is 5.62. The molecule has 0 fully saturated rings. The number of amides is 1. The van der Waals surface area contributed by atoms with E-state index in [2.05, 4.69) is 29.1 Å². The number of imidazole rings is 1. The van der Waals surface area contributed by atoms with Crippen molar-refractivity contribution in [2.24, 2.45) is 0 Å². The molecule has 1 aromatic carbocycles. The number of para-hydroxylation sites is 1. The Morgan fingerprint density at radius 2 is 1.40 bits per heavy atom. The number of carbonyl (C=O) groups is 1. The summed E-state index contributed by atoms with van der Waals surface area (Å²) in [5, 5.41) is 3.26. The van der Waals surface area contributed by atoms with Crippen LogP contribution in [0.3, 0.4) is 0 Å². The molecule has 0 atom stereocenters. The molecule has 0 saturated carbocycles. The Morgan fingerprint density at radius 1 is 0.833 bits per heavy atom. The van der Waals surface area contributed by atoms with Gasteiger partial charge in [-0.05, 0) is 25.0 Å². The second-order valence-corrected chi connectivity index (χ2v) is 8.59. The van der Waals surface area contributed by atoms with Gasteiger partial charge in [0.05, 0.1) is 16.6 Å². The lowest BCUT2D eigenvalue weighted by atomic mass is 9.99. The third-order valence-corrected chi connectivity index (χ3v) is 5.94. The molecule has 168 valence electrons. The maximum absolute atomic E-state index is 13.0. The van der Waals surface area contributed by atoms with Crippen molar-refractivity contribution >= 4 is 16.9 Å². The zero-order valence-corrected chi connectivity index (χ0v) is 19.0. The van der Waals surface area contributed by atoms with Gasteiger partial charge in [-0.25, -0.2) is 4.79 Å². The summed E-state index contributed by atoms with van der Waals surface area (Å²) >= 11 is 0. The highest BCUT2D eigenvalue weighted by Gasteiger charge is 2.16. The molecule has 5 heteroatoms. The van der Waals surface area contributed by atoms with Gasteiger partial charge in [-0.1, -0.05) is 97.0 Å². The largest absolute Gasteiger partial charge is 0.349 e. The van der Waals surface area contributed by atoms with Crippen molar-refractivity contribution < 1.29 is 4.79 Å². The molecular formula is C25H41N3O2.